The van der Waals surface area contributed by atoms with Crippen LogP contribution in [0.25, 0.3) is 0 Å². The van der Waals surface area contributed by atoms with Gasteiger partial charge in [0.1, 0.15) is 17.5 Å². The molecule has 0 amide bonds. The van der Waals surface area contributed by atoms with Crippen molar-refractivity contribution in [3.63, 3.8) is 0 Å². The maximum atomic E-state index is 5.40. The summed E-state index contributed by atoms with van der Waals surface area (Å²) in [5.41, 5.74) is 3.65. The molecule has 2 aromatic heterocycles. The molecule has 6 nitrogen and oxygen atoms in total. The summed E-state index contributed by atoms with van der Waals surface area (Å²) in [7, 11) is 1.97. The number of aromatic nitrogens is 2. The Hall–Kier alpha value is -2.08. The topological polar surface area (TPSA) is 80.2 Å². The van der Waals surface area contributed by atoms with Crippen LogP contribution >= 0.6 is 0 Å². The summed E-state index contributed by atoms with van der Waals surface area (Å²) in [5, 5.41) is 0. The van der Waals surface area contributed by atoms with Gasteiger partial charge >= 0.3 is 0 Å². The first-order valence-corrected chi connectivity index (χ1v) is 5.79. The number of nitrogens with two attached hydrogens (primary N) is 1. The third-order valence-corrected chi connectivity index (χ3v) is 2.61. The molecule has 3 N–H and O–H groups in total. The second-order valence-electron chi connectivity index (χ2n) is 4.01. The lowest BCUT2D eigenvalue weighted by atomic mass is 10.3. The summed E-state index contributed by atoms with van der Waals surface area (Å²) in [6, 6.07) is 3.75. The molecule has 0 aliphatic rings. The highest BCUT2D eigenvalue weighted by Gasteiger charge is 2.08. The second kappa shape index (κ2) is 5.50. The van der Waals surface area contributed by atoms with Crippen molar-refractivity contribution >= 4 is 11.6 Å². The summed E-state index contributed by atoms with van der Waals surface area (Å²) in [4.78, 5) is 10.7. The van der Waals surface area contributed by atoms with Crippen LogP contribution in [0.3, 0.4) is 0 Å². The van der Waals surface area contributed by atoms with Gasteiger partial charge in [0.15, 0.2) is 0 Å². The van der Waals surface area contributed by atoms with E-state index in [1.165, 1.54) is 0 Å². The summed E-state index contributed by atoms with van der Waals surface area (Å²) in [6.07, 6.45) is 4.15. The molecule has 0 aliphatic heterocycles. The van der Waals surface area contributed by atoms with Crippen molar-refractivity contribution in [3.05, 3.63) is 36.0 Å². The van der Waals surface area contributed by atoms with Crippen LogP contribution in [0.2, 0.25) is 0 Å². The van der Waals surface area contributed by atoms with Gasteiger partial charge in [0.25, 0.3) is 0 Å². The van der Waals surface area contributed by atoms with E-state index in [4.69, 9.17) is 10.3 Å². The average Bonchev–Trinajstić information content (AvgIpc) is 2.90. The molecule has 0 aliphatic carbocycles. The Morgan fingerprint density at radius 2 is 2.28 bits per heavy atom. The largest absolute Gasteiger partial charge is 0.472 e. The summed E-state index contributed by atoms with van der Waals surface area (Å²) >= 11 is 0. The highest BCUT2D eigenvalue weighted by atomic mass is 16.3. The highest BCUT2D eigenvalue weighted by molar-refractivity contribution is 5.48. The number of aryl methyl sites for hydroxylation is 1. The van der Waals surface area contributed by atoms with Crippen molar-refractivity contribution < 1.29 is 4.42 Å². The van der Waals surface area contributed by atoms with E-state index in [0.717, 1.165) is 30.2 Å². The van der Waals surface area contributed by atoms with E-state index in [1.54, 1.807) is 12.5 Å². The van der Waals surface area contributed by atoms with Crippen LogP contribution in [0.15, 0.2) is 29.1 Å². The lowest BCUT2D eigenvalue weighted by molar-refractivity contribution is 0.563. The van der Waals surface area contributed by atoms with Crippen LogP contribution in [-0.2, 0) is 13.0 Å². The van der Waals surface area contributed by atoms with E-state index < -0.39 is 0 Å². The quantitative estimate of drug-likeness (QED) is 0.616. The lowest BCUT2D eigenvalue weighted by Crippen LogP contribution is -2.19. The maximum Gasteiger partial charge on any atom is 0.145 e. The first-order chi connectivity index (χ1) is 8.72. The summed E-state index contributed by atoms with van der Waals surface area (Å²) in [5.74, 6) is 7.62. The molecular formula is C12H17N5O. The number of nitrogens with zero attached hydrogens (tertiary/aromatic N) is 3. The van der Waals surface area contributed by atoms with Crippen LogP contribution in [0, 0.1) is 0 Å². The molecule has 0 aromatic carbocycles. The van der Waals surface area contributed by atoms with Gasteiger partial charge in [-0.05, 0) is 6.07 Å². The molecule has 2 aromatic rings. The van der Waals surface area contributed by atoms with Crippen LogP contribution in [-0.4, -0.2) is 17.0 Å². The minimum Gasteiger partial charge on any atom is -0.472 e. The third kappa shape index (κ3) is 2.78. The van der Waals surface area contributed by atoms with E-state index in [1.807, 2.05) is 31.0 Å². The number of hydrazine groups is 1. The molecule has 2 heterocycles. The van der Waals surface area contributed by atoms with Gasteiger partial charge < -0.3 is 14.7 Å². The fourth-order valence-electron chi connectivity index (χ4n) is 1.65. The van der Waals surface area contributed by atoms with Gasteiger partial charge in [-0.3, -0.25) is 0 Å². The highest BCUT2D eigenvalue weighted by Crippen LogP contribution is 2.17. The van der Waals surface area contributed by atoms with E-state index in [0.29, 0.717) is 5.82 Å². The standard InChI is InChI=1S/C12H17N5O/c1-3-10-14-11(16-13)6-12(15-10)17(2)7-9-4-5-18-8-9/h4-6,8H,3,7,13H2,1-2H3,(H,14,15,16). The number of hydrogen-bond acceptors (Lipinski definition) is 6. The number of nitrogens with one attached hydrogen (secondary N) is 1. The van der Waals surface area contributed by atoms with Crippen LogP contribution in [0.4, 0.5) is 11.6 Å². The van der Waals surface area contributed by atoms with Gasteiger partial charge in [0.05, 0.1) is 12.5 Å². The smallest absolute Gasteiger partial charge is 0.145 e. The number of anilines is 2. The molecular weight excluding hydrogens is 230 g/mol. The molecule has 0 fully saturated rings. The minimum absolute atomic E-state index is 0.621. The zero-order valence-electron chi connectivity index (χ0n) is 10.6. The Bertz CT molecular complexity index is 475. The average molecular weight is 247 g/mol. The molecule has 0 saturated heterocycles. The van der Waals surface area contributed by atoms with E-state index >= 15 is 0 Å². The van der Waals surface area contributed by atoms with Crippen molar-refractivity contribution in [1.82, 2.24) is 9.97 Å². The molecule has 0 unspecified atom stereocenters. The number of furan rings is 1. The zero-order chi connectivity index (χ0) is 13.0. The monoisotopic (exact) mass is 247 g/mol. The Morgan fingerprint density at radius 3 is 2.89 bits per heavy atom. The molecule has 0 radical (unpaired) electrons. The molecule has 6 heteroatoms. The van der Waals surface area contributed by atoms with E-state index in [9.17, 15) is 0 Å². The molecule has 96 valence electrons. The van der Waals surface area contributed by atoms with Crippen LogP contribution < -0.4 is 16.2 Å². The first-order valence-electron chi connectivity index (χ1n) is 5.79. The number of rotatable bonds is 5. The Labute approximate surface area is 106 Å². The van der Waals surface area contributed by atoms with Gasteiger partial charge in [0, 0.05) is 31.6 Å². The normalized spacial score (nSPS) is 10.4. The van der Waals surface area contributed by atoms with Crippen LogP contribution in [0.1, 0.15) is 18.3 Å². The SMILES string of the molecule is CCc1nc(NN)cc(N(C)Cc2ccoc2)n1. The first kappa shape index (κ1) is 12.4. The van der Waals surface area contributed by atoms with Crippen molar-refractivity contribution in [1.29, 1.82) is 0 Å². The zero-order valence-corrected chi connectivity index (χ0v) is 10.6. The van der Waals surface area contributed by atoms with Crippen molar-refractivity contribution in [3.8, 4) is 0 Å². The summed E-state index contributed by atoms with van der Waals surface area (Å²) < 4.78 is 5.05. The van der Waals surface area contributed by atoms with Crippen molar-refractivity contribution in [2.24, 2.45) is 5.84 Å². The Morgan fingerprint density at radius 1 is 1.44 bits per heavy atom. The van der Waals surface area contributed by atoms with E-state index in [-0.39, 0.29) is 0 Å². The minimum atomic E-state index is 0.621. The third-order valence-electron chi connectivity index (χ3n) is 2.61. The van der Waals surface area contributed by atoms with Gasteiger partial charge in [-0.2, -0.15) is 0 Å². The molecule has 0 atom stereocenters. The number of hydrogen-bond donors (Lipinski definition) is 2. The Balaban J connectivity index is 2.20. The predicted molar refractivity (Wildman–Crippen MR) is 70.0 cm³/mol. The van der Waals surface area contributed by atoms with Gasteiger partial charge in [-0.15, -0.1) is 0 Å². The van der Waals surface area contributed by atoms with E-state index in [2.05, 4.69) is 15.4 Å². The Kier molecular flexibility index (Phi) is 3.78. The fourth-order valence-corrected chi connectivity index (χ4v) is 1.65. The van der Waals surface area contributed by atoms with Gasteiger partial charge in [-0.1, -0.05) is 6.92 Å². The predicted octanol–water partition coefficient (Wildman–Crippen LogP) is 1.55. The molecule has 0 bridgehead atoms. The maximum absolute atomic E-state index is 5.40. The van der Waals surface area contributed by atoms with Crippen molar-refractivity contribution in [2.75, 3.05) is 17.4 Å². The lowest BCUT2D eigenvalue weighted by Gasteiger charge is -2.18. The molecule has 0 spiro atoms. The molecule has 2 rings (SSSR count). The summed E-state index contributed by atoms with van der Waals surface area (Å²) in [6.45, 7) is 2.73. The molecule has 18 heavy (non-hydrogen) atoms. The number of nitrogen functional groups attached to an aromatic ring is 1. The van der Waals surface area contributed by atoms with Crippen molar-refractivity contribution in [2.45, 2.75) is 19.9 Å². The molecule has 0 saturated carbocycles. The fraction of sp³-hybridized carbons (Fsp3) is 0.333. The second-order valence-corrected chi connectivity index (χ2v) is 4.01. The van der Waals surface area contributed by atoms with Crippen LogP contribution in [0.5, 0.6) is 0 Å². The van der Waals surface area contributed by atoms with Gasteiger partial charge in [0.2, 0.25) is 0 Å². The van der Waals surface area contributed by atoms with Gasteiger partial charge in [-0.25, -0.2) is 15.8 Å².